The number of aromatic carboxylic acids is 1. The second-order valence-corrected chi connectivity index (χ2v) is 5.31. The van der Waals surface area contributed by atoms with E-state index in [1.807, 2.05) is 6.92 Å². The van der Waals surface area contributed by atoms with Crippen LogP contribution in [0.1, 0.15) is 47.3 Å². The molecule has 1 atom stereocenters. The average Bonchev–Trinajstić information content (AvgIpc) is 2.38. The summed E-state index contributed by atoms with van der Waals surface area (Å²) >= 11 is 0. The summed E-state index contributed by atoms with van der Waals surface area (Å²) in [7, 11) is 0. The van der Waals surface area contributed by atoms with Crippen molar-refractivity contribution in [1.82, 2.24) is 4.98 Å². The van der Waals surface area contributed by atoms with Crippen molar-refractivity contribution in [2.24, 2.45) is 0 Å². The van der Waals surface area contributed by atoms with Crippen molar-refractivity contribution in [3.05, 3.63) is 22.9 Å². The Morgan fingerprint density at radius 1 is 1.50 bits per heavy atom. The van der Waals surface area contributed by atoms with Gasteiger partial charge in [-0.1, -0.05) is 0 Å². The number of hydrogen-bond acceptors (Lipinski definition) is 4. The molecule has 20 heavy (non-hydrogen) atoms. The fourth-order valence-corrected chi connectivity index (χ4v) is 2.62. The molecule has 1 aliphatic heterocycles. The minimum atomic E-state index is -0.939. The Hall–Kier alpha value is -1.62. The normalized spacial score (nSPS) is 18.8. The molecule has 0 amide bonds. The van der Waals surface area contributed by atoms with E-state index in [9.17, 15) is 9.90 Å². The lowest BCUT2D eigenvalue weighted by atomic mass is 10.1. The Morgan fingerprint density at radius 2 is 2.30 bits per heavy atom. The molecule has 2 N–H and O–H groups in total. The Bertz CT molecular complexity index is 482. The second-order valence-electron chi connectivity index (χ2n) is 5.31. The molecule has 5 heteroatoms. The lowest BCUT2D eigenvalue weighted by molar-refractivity contribution is 0.0134. The maximum Gasteiger partial charge on any atom is 0.339 e. The monoisotopic (exact) mass is 278 g/mol. The van der Waals surface area contributed by atoms with Crippen LogP contribution in [0.2, 0.25) is 0 Å². The van der Waals surface area contributed by atoms with Crippen LogP contribution in [0.25, 0.3) is 0 Å². The zero-order valence-electron chi connectivity index (χ0n) is 12.1. The molecule has 1 saturated heterocycles. The molecule has 0 bridgehead atoms. The minimum absolute atomic E-state index is 0.264. The summed E-state index contributed by atoms with van der Waals surface area (Å²) in [4.78, 5) is 15.6. The van der Waals surface area contributed by atoms with Crippen LogP contribution in [0.4, 0.5) is 5.82 Å². The van der Waals surface area contributed by atoms with E-state index in [1.165, 1.54) is 6.42 Å². The number of hydrogen-bond donors (Lipinski definition) is 2. The van der Waals surface area contributed by atoms with Gasteiger partial charge < -0.3 is 15.2 Å². The van der Waals surface area contributed by atoms with E-state index >= 15 is 0 Å². The van der Waals surface area contributed by atoms with Gasteiger partial charge in [0, 0.05) is 18.8 Å². The van der Waals surface area contributed by atoms with Crippen LogP contribution in [0.5, 0.6) is 0 Å². The summed E-state index contributed by atoms with van der Waals surface area (Å²) in [6.45, 7) is 5.19. The number of ether oxygens (including phenoxy) is 1. The molecule has 2 heterocycles. The standard InChI is InChI=1S/C15H22N2O3/c1-10-9-11(2)17-14(13(10)15(18)19)16-7-6-12-5-3-4-8-20-12/h9,12H,3-8H2,1-2H3,(H,16,17)(H,18,19). The molecular weight excluding hydrogens is 256 g/mol. The van der Waals surface area contributed by atoms with Gasteiger partial charge in [-0.05, 0) is 51.2 Å². The molecule has 110 valence electrons. The summed E-state index contributed by atoms with van der Waals surface area (Å²) in [5.74, 6) is -0.475. The molecule has 1 aromatic heterocycles. The van der Waals surface area contributed by atoms with Gasteiger partial charge in [0.2, 0.25) is 0 Å². The zero-order valence-corrected chi connectivity index (χ0v) is 12.1. The van der Waals surface area contributed by atoms with Crippen molar-refractivity contribution in [1.29, 1.82) is 0 Å². The Kier molecular flexibility index (Phi) is 4.95. The topological polar surface area (TPSA) is 71.5 Å². The van der Waals surface area contributed by atoms with Crippen LogP contribution in [0, 0.1) is 13.8 Å². The molecule has 0 spiro atoms. The SMILES string of the molecule is Cc1cc(C)c(C(=O)O)c(NCCC2CCCCO2)n1. The highest BCUT2D eigenvalue weighted by Gasteiger charge is 2.17. The van der Waals surface area contributed by atoms with Gasteiger partial charge in [0.25, 0.3) is 0 Å². The quantitative estimate of drug-likeness (QED) is 0.866. The number of carboxylic acids is 1. The first-order chi connectivity index (χ1) is 9.58. The predicted molar refractivity (Wildman–Crippen MR) is 77.4 cm³/mol. The van der Waals surface area contributed by atoms with Gasteiger partial charge in [-0.3, -0.25) is 0 Å². The second kappa shape index (κ2) is 6.70. The summed E-state index contributed by atoms with van der Waals surface area (Å²) in [5.41, 5.74) is 1.82. The van der Waals surface area contributed by atoms with Gasteiger partial charge in [-0.2, -0.15) is 0 Å². The number of rotatable bonds is 5. The fraction of sp³-hybridized carbons (Fsp3) is 0.600. The van der Waals surface area contributed by atoms with Gasteiger partial charge in [-0.15, -0.1) is 0 Å². The summed E-state index contributed by atoms with van der Waals surface area (Å²) in [6, 6.07) is 1.79. The summed E-state index contributed by atoms with van der Waals surface area (Å²) in [6.07, 6.45) is 4.62. The molecule has 1 unspecified atom stereocenters. The molecule has 2 rings (SSSR count). The molecular formula is C15H22N2O3. The summed E-state index contributed by atoms with van der Waals surface area (Å²) < 4.78 is 5.66. The van der Waals surface area contributed by atoms with Gasteiger partial charge in [0.1, 0.15) is 11.4 Å². The lowest BCUT2D eigenvalue weighted by Gasteiger charge is -2.22. The van der Waals surface area contributed by atoms with E-state index < -0.39 is 5.97 Å². The van der Waals surface area contributed by atoms with Crippen molar-refractivity contribution in [2.45, 2.75) is 45.6 Å². The number of pyridine rings is 1. The van der Waals surface area contributed by atoms with E-state index in [0.29, 0.717) is 12.4 Å². The highest BCUT2D eigenvalue weighted by Crippen LogP contribution is 2.20. The Morgan fingerprint density at radius 3 is 2.95 bits per heavy atom. The molecule has 0 radical (unpaired) electrons. The van der Waals surface area contributed by atoms with Crippen LogP contribution >= 0.6 is 0 Å². The van der Waals surface area contributed by atoms with Crippen molar-refractivity contribution < 1.29 is 14.6 Å². The van der Waals surface area contributed by atoms with Gasteiger partial charge in [0.15, 0.2) is 0 Å². The fourth-order valence-electron chi connectivity index (χ4n) is 2.62. The third kappa shape index (κ3) is 3.70. The third-order valence-corrected chi connectivity index (χ3v) is 3.59. The first-order valence-electron chi connectivity index (χ1n) is 7.15. The van der Waals surface area contributed by atoms with Crippen molar-refractivity contribution in [3.8, 4) is 0 Å². The first kappa shape index (κ1) is 14.8. The first-order valence-corrected chi connectivity index (χ1v) is 7.15. The van der Waals surface area contributed by atoms with E-state index in [1.54, 1.807) is 13.0 Å². The van der Waals surface area contributed by atoms with Crippen LogP contribution in [0.15, 0.2) is 6.07 Å². The Balaban J connectivity index is 1.99. The molecule has 0 aliphatic carbocycles. The largest absolute Gasteiger partial charge is 0.478 e. The Labute approximate surface area is 119 Å². The maximum absolute atomic E-state index is 11.3. The zero-order chi connectivity index (χ0) is 14.5. The lowest BCUT2D eigenvalue weighted by Crippen LogP contribution is -2.22. The average molecular weight is 278 g/mol. The van der Waals surface area contributed by atoms with E-state index in [0.717, 1.165) is 37.1 Å². The van der Waals surface area contributed by atoms with E-state index in [-0.39, 0.29) is 11.7 Å². The smallest absolute Gasteiger partial charge is 0.339 e. The van der Waals surface area contributed by atoms with Crippen LogP contribution in [-0.2, 0) is 4.74 Å². The summed E-state index contributed by atoms with van der Waals surface area (Å²) in [5, 5.41) is 12.4. The molecule has 1 fully saturated rings. The van der Waals surface area contributed by atoms with Crippen molar-refractivity contribution in [3.63, 3.8) is 0 Å². The van der Waals surface area contributed by atoms with Gasteiger partial charge in [-0.25, -0.2) is 9.78 Å². The number of anilines is 1. The number of nitrogens with one attached hydrogen (secondary N) is 1. The number of aromatic nitrogens is 1. The minimum Gasteiger partial charge on any atom is -0.478 e. The predicted octanol–water partition coefficient (Wildman–Crippen LogP) is 2.77. The molecule has 0 aromatic carbocycles. The van der Waals surface area contributed by atoms with Crippen LogP contribution in [0.3, 0.4) is 0 Å². The van der Waals surface area contributed by atoms with Gasteiger partial charge >= 0.3 is 5.97 Å². The third-order valence-electron chi connectivity index (χ3n) is 3.59. The van der Waals surface area contributed by atoms with Crippen LogP contribution < -0.4 is 5.32 Å². The maximum atomic E-state index is 11.3. The van der Waals surface area contributed by atoms with Crippen molar-refractivity contribution >= 4 is 11.8 Å². The number of aryl methyl sites for hydroxylation is 2. The molecule has 1 aromatic rings. The highest BCUT2D eigenvalue weighted by molar-refractivity contribution is 5.94. The highest BCUT2D eigenvalue weighted by atomic mass is 16.5. The van der Waals surface area contributed by atoms with E-state index in [2.05, 4.69) is 10.3 Å². The van der Waals surface area contributed by atoms with Crippen LogP contribution in [-0.4, -0.2) is 35.3 Å². The van der Waals surface area contributed by atoms with E-state index in [4.69, 9.17) is 4.74 Å². The molecule has 0 saturated carbocycles. The molecule has 1 aliphatic rings. The number of carbonyl (C=O) groups is 1. The number of carboxylic acid groups (broad SMARTS) is 1. The number of nitrogens with zero attached hydrogens (tertiary/aromatic N) is 1. The van der Waals surface area contributed by atoms with Gasteiger partial charge in [0.05, 0.1) is 6.10 Å². The molecule has 5 nitrogen and oxygen atoms in total. The van der Waals surface area contributed by atoms with Crippen molar-refractivity contribution in [2.75, 3.05) is 18.5 Å².